The van der Waals surface area contributed by atoms with Crippen LogP contribution in [0.25, 0.3) is 0 Å². The standard InChI is InChI=1S/C25H26N2O3S/c1-18(2)30-23-14-7-6-13-22(23)26-25(31)27-24(28)20-11-8-12-21(17-20)29-16-15-19-9-4-3-5-10-19/h3-14,17-18H,15-16H2,1-2H3,(H2,26,27,28,31). The molecule has 0 saturated heterocycles. The van der Waals surface area contributed by atoms with Gasteiger partial charge in [-0.15, -0.1) is 0 Å². The van der Waals surface area contributed by atoms with Crippen molar-refractivity contribution in [2.45, 2.75) is 26.4 Å². The molecule has 0 aliphatic heterocycles. The van der Waals surface area contributed by atoms with E-state index in [-0.39, 0.29) is 17.1 Å². The zero-order valence-electron chi connectivity index (χ0n) is 17.6. The Morgan fingerprint density at radius 1 is 0.968 bits per heavy atom. The fourth-order valence-electron chi connectivity index (χ4n) is 2.91. The van der Waals surface area contributed by atoms with Gasteiger partial charge in [0.05, 0.1) is 18.4 Å². The second-order valence-electron chi connectivity index (χ2n) is 7.18. The highest BCUT2D eigenvalue weighted by Gasteiger charge is 2.11. The van der Waals surface area contributed by atoms with Crippen molar-refractivity contribution < 1.29 is 14.3 Å². The molecule has 0 bridgehead atoms. The second kappa shape index (κ2) is 11.1. The minimum Gasteiger partial charge on any atom is -0.493 e. The Morgan fingerprint density at radius 2 is 1.71 bits per heavy atom. The third kappa shape index (κ3) is 7.12. The zero-order chi connectivity index (χ0) is 22.1. The summed E-state index contributed by atoms with van der Waals surface area (Å²) >= 11 is 5.31. The molecular weight excluding hydrogens is 408 g/mol. The van der Waals surface area contributed by atoms with E-state index in [0.29, 0.717) is 29.4 Å². The smallest absolute Gasteiger partial charge is 0.257 e. The van der Waals surface area contributed by atoms with Crippen LogP contribution in [0.1, 0.15) is 29.8 Å². The predicted octanol–water partition coefficient (Wildman–Crippen LogP) is 5.22. The molecular formula is C25H26N2O3S. The van der Waals surface area contributed by atoms with Crippen LogP contribution in [0.2, 0.25) is 0 Å². The third-order valence-electron chi connectivity index (χ3n) is 4.32. The first-order valence-electron chi connectivity index (χ1n) is 10.2. The molecule has 2 N–H and O–H groups in total. The van der Waals surface area contributed by atoms with E-state index in [4.69, 9.17) is 21.7 Å². The average Bonchev–Trinajstić information content (AvgIpc) is 2.76. The summed E-state index contributed by atoms with van der Waals surface area (Å²) in [6.07, 6.45) is 0.819. The molecule has 0 saturated carbocycles. The minimum absolute atomic E-state index is 0.0238. The molecule has 0 spiro atoms. The van der Waals surface area contributed by atoms with Crippen molar-refractivity contribution in [1.29, 1.82) is 0 Å². The lowest BCUT2D eigenvalue weighted by Crippen LogP contribution is -2.34. The number of para-hydroxylation sites is 2. The summed E-state index contributed by atoms with van der Waals surface area (Å²) in [6, 6.07) is 24.6. The van der Waals surface area contributed by atoms with Gasteiger partial charge in [0.25, 0.3) is 5.91 Å². The molecule has 0 aliphatic carbocycles. The van der Waals surface area contributed by atoms with Crippen molar-refractivity contribution in [1.82, 2.24) is 5.32 Å². The van der Waals surface area contributed by atoms with E-state index in [1.54, 1.807) is 18.2 Å². The average molecular weight is 435 g/mol. The highest BCUT2D eigenvalue weighted by molar-refractivity contribution is 7.80. The molecule has 160 valence electrons. The number of hydrogen-bond acceptors (Lipinski definition) is 4. The van der Waals surface area contributed by atoms with Crippen LogP contribution in [0.5, 0.6) is 11.5 Å². The third-order valence-corrected chi connectivity index (χ3v) is 4.53. The highest BCUT2D eigenvalue weighted by atomic mass is 32.1. The van der Waals surface area contributed by atoms with E-state index in [1.165, 1.54) is 5.56 Å². The summed E-state index contributed by atoms with van der Waals surface area (Å²) in [6.45, 7) is 4.43. The Hall–Kier alpha value is -3.38. The van der Waals surface area contributed by atoms with Gasteiger partial charge in [-0.2, -0.15) is 0 Å². The van der Waals surface area contributed by atoms with Gasteiger partial charge in [0, 0.05) is 12.0 Å². The predicted molar refractivity (Wildman–Crippen MR) is 128 cm³/mol. The fourth-order valence-corrected chi connectivity index (χ4v) is 3.12. The van der Waals surface area contributed by atoms with Crippen LogP contribution in [0.15, 0.2) is 78.9 Å². The molecule has 3 aromatic rings. The lowest BCUT2D eigenvalue weighted by Gasteiger charge is -2.16. The van der Waals surface area contributed by atoms with E-state index >= 15 is 0 Å². The van der Waals surface area contributed by atoms with Crippen LogP contribution in [0.3, 0.4) is 0 Å². The maximum atomic E-state index is 12.6. The molecule has 3 rings (SSSR count). The van der Waals surface area contributed by atoms with Gasteiger partial charge in [-0.3, -0.25) is 10.1 Å². The second-order valence-corrected chi connectivity index (χ2v) is 7.59. The molecule has 6 heteroatoms. The first-order valence-corrected chi connectivity index (χ1v) is 10.6. The minimum atomic E-state index is -0.312. The number of carbonyl (C=O) groups excluding carboxylic acids is 1. The van der Waals surface area contributed by atoms with Crippen LogP contribution in [-0.4, -0.2) is 23.7 Å². The maximum absolute atomic E-state index is 12.6. The summed E-state index contributed by atoms with van der Waals surface area (Å²) in [5, 5.41) is 5.93. The molecule has 0 heterocycles. The van der Waals surface area contributed by atoms with Crippen molar-refractivity contribution in [3.8, 4) is 11.5 Å². The van der Waals surface area contributed by atoms with Crippen LogP contribution >= 0.6 is 12.2 Å². The zero-order valence-corrected chi connectivity index (χ0v) is 18.4. The Morgan fingerprint density at radius 3 is 2.48 bits per heavy atom. The van der Waals surface area contributed by atoms with E-state index in [1.807, 2.05) is 62.4 Å². The normalized spacial score (nSPS) is 10.4. The van der Waals surface area contributed by atoms with Gasteiger partial charge in [-0.05, 0) is 62.0 Å². The number of amides is 1. The van der Waals surface area contributed by atoms with Crippen molar-refractivity contribution in [2.24, 2.45) is 0 Å². The molecule has 0 atom stereocenters. The molecule has 5 nitrogen and oxygen atoms in total. The summed E-state index contributed by atoms with van der Waals surface area (Å²) in [7, 11) is 0. The summed E-state index contributed by atoms with van der Waals surface area (Å²) in [5.41, 5.74) is 2.36. The van der Waals surface area contributed by atoms with Crippen molar-refractivity contribution in [3.63, 3.8) is 0 Å². The van der Waals surface area contributed by atoms with Crippen LogP contribution in [-0.2, 0) is 6.42 Å². The maximum Gasteiger partial charge on any atom is 0.257 e. The number of anilines is 1. The van der Waals surface area contributed by atoms with Crippen molar-refractivity contribution in [3.05, 3.63) is 90.0 Å². The van der Waals surface area contributed by atoms with Gasteiger partial charge in [0.2, 0.25) is 0 Å². The summed E-state index contributed by atoms with van der Waals surface area (Å²) in [5.74, 6) is 0.995. The monoisotopic (exact) mass is 434 g/mol. The Kier molecular flexibility index (Phi) is 8.01. The topological polar surface area (TPSA) is 59.6 Å². The van der Waals surface area contributed by atoms with E-state index < -0.39 is 0 Å². The molecule has 0 aromatic heterocycles. The highest BCUT2D eigenvalue weighted by Crippen LogP contribution is 2.24. The van der Waals surface area contributed by atoms with Crippen LogP contribution in [0, 0.1) is 0 Å². The molecule has 1 amide bonds. The van der Waals surface area contributed by atoms with E-state index in [2.05, 4.69) is 22.8 Å². The van der Waals surface area contributed by atoms with Gasteiger partial charge in [-0.25, -0.2) is 0 Å². The Labute approximate surface area is 188 Å². The molecule has 0 radical (unpaired) electrons. The lowest BCUT2D eigenvalue weighted by molar-refractivity contribution is 0.0977. The first kappa shape index (κ1) is 22.3. The number of rotatable bonds is 8. The van der Waals surface area contributed by atoms with E-state index in [9.17, 15) is 4.79 Å². The number of carbonyl (C=O) groups is 1. The number of hydrogen-bond donors (Lipinski definition) is 2. The molecule has 31 heavy (non-hydrogen) atoms. The number of benzene rings is 3. The van der Waals surface area contributed by atoms with Crippen molar-refractivity contribution >= 4 is 28.9 Å². The molecule has 0 fully saturated rings. The summed E-state index contributed by atoms with van der Waals surface area (Å²) < 4.78 is 11.6. The van der Waals surface area contributed by atoms with Gasteiger partial charge in [-0.1, -0.05) is 48.5 Å². The Balaban J connectivity index is 1.55. The van der Waals surface area contributed by atoms with Gasteiger partial charge >= 0.3 is 0 Å². The van der Waals surface area contributed by atoms with Gasteiger partial charge < -0.3 is 14.8 Å². The molecule has 3 aromatic carbocycles. The number of thiocarbonyl (C=S) groups is 1. The SMILES string of the molecule is CC(C)Oc1ccccc1NC(=S)NC(=O)c1cccc(OCCc2ccccc2)c1. The van der Waals surface area contributed by atoms with Gasteiger partial charge in [0.15, 0.2) is 5.11 Å². The van der Waals surface area contributed by atoms with Crippen molar-refractivity contribution in [2.75, 3.05) is 11.9 Å². The first-order chi connectivity index (χ1) is 15.0. The van der Waals surface area contributed by atoms with Gasteiger partial charge in [0.1, 0.15) is 11.5 Å². The lowest BCUT2D eigenvalue weighted by atomic mass is 10.2. The Bertz CT molecular complexity index is 1020. The molecule has 0 aliphatic rings. The number of nitrogens with one attached hydrogen (secondary N) is 2. The molecule has 0 unspecified atom stereocenters. The largest absolute Gasteiger partial charge is 0.493 e. The summed E-state index contributed by atoms with van der Waals surface area (Å²) in [4.78, 5) is 12.6. The fraction of sp³-hybridized carbons (Fsp3) is 0.200. The van der Waals surface area contributed by atoms with E-state index in [0.717, 1.165) is 6.42 Å². The van der Waals surface area contributed by atoms with Crippen LogP contribution in [0.4, 0.5) is 5.69 Å². The quantitative estimate of drug-likeness (QED) is 0.476. The number of ether oxygens (including phenoxy) is 2. The van der Waals surface area contributed by atoms with Crippen LogP contribution < -0.4 is 20.1 Å².